The van der Waals surface area contributed by atoms with Gasteiger partial charge in [0, 0.05) is 6.54 Å². The van der Waals surface area contributed by atoms with Crippen molar-refractivity contribution in [3.63, 3.8) is 0 Å². The fraction of sp³-hybridized carbons (Fsp3) is 0.529. The lowest BCUT2D eigenvalue weighted by Crippen LogP contribution is -2.43. The zero-order chi connectivity index (χ0) is 16.8. The highest BCUT2D eigenvalue weighted by molar-refractivity contribution is 5.91. The zero-order valence-electron chi connectivity index (χ0n) is 13.2. The van der Waals surface area contributed by atoms with Crippen LogP contribution in [-0.2, 0) is 14.3 Å². The van der Waals surface area contributed by atoms with Crippen molar-refractivity contribution in [2.45, 2.75) is 20.0 Å². The van der Waals surface area contributed by atoms with Crippen LogP contribution >= 0.6 is 0 Å². The third-order valence-corrected chi connectivity index (χ3v) is 4.98. The number of rotatable bonds is 3. The number of carboxylic acids is 1. The van der Waals surface area contributed by atoms with Crippen molar-refractivity contribution >= 4 is 11.9 Å². The van der Waals surface area contributed by atoms with Crippen molar-refractivity contribution in [3.8, 4) is 0 Å². The van der Waals surface area contributed by atoms with Gasteiger partial charge in [0.05, 0.1) is 25.0 Å². The number of benzene rings is 1. The Morgan fingerprint density at radius 2 is 1.91 bits per heavy atom. The molecule has 1 aromatic carbocycles. The molecule has 0 radical (unpaired) electrons. The first-order valence-electron chi connectivity index (χ1n) is 7.71. The number of carboxylic acid groups (broad SMARTS) is 1. The number of carbonyl (C=O) groups is 2. The molecule has 0 bridgehead atoms. The van der Waals surface area contributed by atoms with Gasteiger partial charge in [-0.05, 0) is 23.1 Å². The lowest BCUT2D eigenvalue weighted by atomic mass is 10.1. The zero-order valence-corrected chi connectivity index (χ0v) is 13.2. The summed E-state index contributed by atoms with van der Waals surface area (Å²) >= 11 is 0. The van der Waals surface area contributed by atoms with E-state index >= 15 is 0 Å². The summed E-state index contributed by atoms with van der Waals surface area (Å²) in [5.74, 6) is -2.47. The summed E-state index contributed by atoms with van der Waals surface area (Å²) in [6, 6.07) is 6.03. The van der Waals surface area contributed by atoms with Crippen molar-refractivity contribution in [1.29, 1.82) is 0 Å². The fourth-order valence-electron chi connectivity index (χ4n) is 3.48. The highest BCUT2D eigenvalue weighted by Gasteiger charge is 2.66. The number of halogens is 1. The van der Waals surface area contributed by atoms with Gasteiger partial charge < -0.3 is 14.7 Å². The molecular formula is C17H20FNO4. The molecule has 3 atom stereocenters. The van der Waals surface area contributed by atoms with E-state index in [0.717, 1.165) is 5.56 Å². The van der Waals surface area contributed by atoms with Gasteiger partial charge in [0.1, 0.15) is 11.9 Å². The van der Waals surface area contributed by atoms with Crippen LogP contribution in [0.4, 0.5) is 4.39 Å². The number of morpholine rings is 1. The minimum absolute atomic E-state index is 0.127. The Labute approximate surface area is 134 Å². The molecule has 1 saturated heterocycles. The maximum absolute atomic E-state index is 13.0. The number of amides is 1. The van der Waals surface area contributed by atoms with Gasteiger partial charge in [-0.1, -0.05) is 26.0 Å². The molecule has 0 aromatic heterocycles. The second-order valence-electron chi connectivity index (χ2n) is 6.81. The Bertz CT molecular complexity index is 628. The van der Waals surface area contributed by atoms with Crippen molar-refractivity contribution in [1.82, 2.24) is 4.90 Å². The smallest absolute Gasteiger partial charge is 0.307 e. The third kappa shape index (κ3) is 2.83. The minimum Gasteiger partial charge on any atom is -0.481 e. The summed E-state index contributed by atoms with van der Waals surface area (Å²) in [5.41, 5.74) is 0.306. The summed E-state index contributed by atoms with van der Waals surface area (Å²) in [5, 5.41) is 9.23. The minimum atomic E-state index is -0.920. The summed E-state index contributed by atoms with van der Waals surface area (Å²) in [6.45, 7) is 4.83. The van der Waals surface area contributed by atoms with Crippen LogP contribution in [0.25, 0.3) is 0 Å². The fourth-order valence-corrected chi connectivity index (χ4v) is 3.48. The van der Waals surface area contributed by atoms with Crippen molar-refractivity contribution in [2.24, 2.45) is 17.3 Å². The number of hydrogen-bond donors (Lipinski definition) is 1. The first kappa shape index (κ1) is 15.9. The number of aliphatic carboxylic acids is 1. The van der Waals surface area contributed by atoms with Crippen molar-refractivity contribution < 1.29 is 23.8 Å². The number of ether oxygens (including phenoxy) is 1. The number of carbonyl (C=O) groups excluding carboxylic acids is 1. The second kappa shape index (κ2) is 5.60. The molecule has 1 aromatic rings. The monoisotopic (exact) mass is 321 g/mol. The first-order chi connectivity index (χ1) is 10.8. The van der Waals surface area contributed by atoms with Gasteiger partial charge in [0.15, 0.2) is 0 Å². The molecule has 23 heavy (non-hydrogen) atoms. The van der Waals surface area contributed by atoms with Gasteiger partial charge >= 0.3 is 5.97 Å². The normalized spacial score (nSPS) is 29.2. The summed E-state index contributed by atoms with van der Waals surface area (Å²) in [6.07, 6.45) is -0.307. The van der Waals surface area contributed by atoms with Crippen LogP contribution in [0.1, 0.15) is 25.5 Å². The highest BCUT2D eigenvalue weighted by Crippen LogP contribution is 2.59. The lowest BCUT2D eigenvalue weighted by Gasteiger charge is -2.33. The molecule has 1 heterocycles. The van der Waals surface area contributed by atoms with E-state index < -0.39 is 23.2 Å². The van der Waals surface area contributed by atoms with Crippen molar-refractivity contribution in [3.05, 3.63) is 35.6 Å². The molecule has 1 N–H and O–H groups in total. The molecule has 1 aliphatic heterocycles. The molecule has 1 aliphatic carbocycles. The largest absolute Gasteiger partial charge is 0.481 e. The predicted molar refractivity (Wildman–Crippen MR) is 80.1 cm³/mol. The average molecular weight is 321 g/mol. The molecule has 0 spiro atoms. The van der Waals surface area contributed by atoms with Crippen LogP contribution in [0.5, 0.6) is 0 Å². The second-order valence-corrected chi connectivity index (χ2v) is 6.81. The van der Waals surface area contributed by atoms with E-state index in [1.54, 1.807) is 17.0 Å². The van der Waals surface area contributed by atoms with E-state index in [9.17, 15) is 19.1 Å². The Morgan fingerprint density at radius 1 is 1.26 bits per heavy atom. The van der Waals surface area contributed by atoms with Gasteiger partial charge in [-0.3, -0.25) is 9.59 Å². The Balaban J connectivity index is 1.70. The molecule has 5 nitrogen and oxygen atoms in total. The third-order valence-electron chi connectivity index (χ3n) is 4.98. The van der Waals surface area contributed by atoms with Gasteiger partial charge in [-0.25, -0.2) is 4.39 Å². The molecule has 1 saturated carbocycles. The van der Waals surface area contributed by atoms with Gasteiger partial charge in [-0.2, -0.15) is 0 Å². The van der Waals surface area contributed by atoms with E-state index in [1.807, 2.05) is 13.8 Å². The average Bonchev–Trinajstić information content (AvgIpc) is 3.10. The quantitative estimate of drug-likeness (QED) is 0.925. The van der Waals surface area contributed by atoms with Crippen LogP contribution in [0, 0.1) is 23.1 Å². The van der Waals surface area contributed by atoms with Crippen LogP contribution < -0.4 is 0 Å². The van der Waals surface area contributed by atoms with E-state index in [0.29, 0.717) is 19.7 Å². The Morgan fingerprint density at radius 3 is 2.48 bits per heavy atom. The first-order valence-corrected chi connectivity index (χ1v) is 7.71. The lowest BCUT2D eigenvalue weighted by molar-refractivity contribution is -0.145. The maximum atomic E-state index is 13.0. The highest BCUT2D eigenvalue weighted by atomic mass is 19.1. The summed E-state index contributed by atoms with van der Waals surface area (Å²) in [7, 11) is 0. The number of hydrogen-bond acceptors (Lipinski definition) is 3. The van der Waals surface area contributed by atoms with Crippen LogP contribution in [0.15, 0.2) is 24.3 Å². The predicted octanol–water partition coefficient (Wildman–Crippen LogP) is 2.08. The van der Waals surface area contributed by atoms with Crippen LogP contribution in [-0.4, -0.2) is 41.6 Å². The summed E-state index contributed by atoms with van der Waals surface area (Å²) < 4.78 is 18.7. The van der Waals surface area contributed by atoms with E-state index in [4.69, 9.17) is 4.74 Å². The van der Waals surface area contributed by atoms with Gasteiger partial charge in [0.25, 0.3) is 0 Å². The van der Waals surface area contributed by atoms with Crippen LogP contribution in [0.2, 0.25) is 0 Å². The molecule has 1 unspecified atom stereocenters. The molecule has 2 fully saturated rings. The molecular weight excluding hydrogens is 301 g/mol. The number of nitrogens with zero attached hydrogens (tertiary/aromatic N) is 1. The Kier molecular flexibility index (Phi) is 3.88. The van der Waals surface area contributed by atoms with Crippen molar-refractivity contribution in [2.75, 3.05) is 19.7 Å². The molecule has 2 aliphatic rings. The van der Waals surface area contributed by atoms with E-state index in [-0.39, 0.29) is 17.8 Å². The Hall–Kier alpha value is -1.95. The van der Waals surface area contributed by atoms with Gasteiger partial charge in [-0.15, -0.1) is 0 Å². The summed E-state index contributed by atoms with van der Waals surface area (Å²) in [4.78, 5) is 25.6. The molecule has 124 valence electrons. The SMILES string of the molecule is CC1(C)[C@H](C(=O)O)[C@@H]1C(=O)N1CCOC(c2ccc(F)cc2)C1. The maximum Gasteiger partial charge on any atom is 0.307 e. The van der Waals surface area contributed by atoms with Gasteiger partial charge in [0.2, 0.25) is 5.91 Å². The molecule has 6 heteroatoms. The van der Waals surface area contributed by atoms with Crippen LogP contribution in [0.3, 0.4) is 0 Å². The molecule has 3 rings (SSSR count). The van der Waals surface area contributed by atoms with E-state index in [1.165, 1.54) is 12.1 Å². The van der Waals surface area contributed by atoms with E-state index in [2.05, 4.69) is 0 Å². The molecule has 1 amide bonds. The topological polar surface area (TPSA) is 66.8 Å². The standard InChI is InChI=1S/C17H20FNO4/c1-17(2)13(14(17)16(21)22)15(20)19-7-8-23-12(9-19)10-3-5-11(18)6-4-10/h3-6,12-14H,7-9H2,1-2H3,(H,21,22)/t12?,13-,14+/m1/s1.